The van der Waals surface area contributed by atoms with Crippen molar-refractivity contribution < 1.29 is 29.3 Å². The fourth-order valence-corrected chi connectivity index (χ4v) is 8.46. The Morgan fingerprint density at radius 3 is 0.700 bits per heavy atom. The molecule has 0 saturated carbocycles. The maximum absolute atomic E-state index is 10.5. The molecule has 5 aromatic carbocycles. The first-order valence-corrected chi connectivity index (χ1v) is 27.5. The second kappa shape index (κ2) is 38.4. The van der Waals surface area contributed by atoms with E-state index in [0.717, 1.165) is 23.0 Å². The zero-order valence-corrected chi connectivity index (χ0v) is 43.9. The van der Waals surface area contributed by atoms with Crippen molar-refractivity contribution >= 4 is 11.9 Å². The molecule has 0 spiro atoms. The van der Waals surface area contributed by atoms with E-state index in [1.165, 1.54) is 226 Å². The summed E-state index contributed by atoms with van der Waals surface area (Å²) in [4.78, 5) is 20.9. The van der Waals surface area contributed by atoms with Crippen LogP contribution in [0, 0.1) is 0 Å². The standard InChI is InChI=1S/2C28H42O.C8H6O4/c2*1-3-5-7-9-11-13-15-25-17-21-27(22-18-25)29-28-23-19-26(20-24-28)16-14-12-10-8-6-4-2;9-7(10)5-3-1-2-4-6(5)8(11)12/h2*17-24H,3-16H2,1-2H3;1-4H,(H,9,10)(H,11,12). The molecule has 0 radical (unpaired) electrons. The van der Waals surface area contributed by atoms with Gasteiger partial charge in [0.2, 0.25) is 0 Å². The van der Waals surface area contributed by atoms with Crippen LogP contribution in [-0.4, -0.2) is 22.2 Å². The van der Waals surface area contributed by atoms with Gasteiger partial charge in [0.25, 0.3) is 0 Å². The fraction of sp³-hybridized carbons (Fsp3) is 0.500. The fourth-order valence-electron chi connectivity index (χ4n) is 8.46. The van der Waals surface area contributed by atoms with Crippen LogP contribution in [0.4, 0.5) is 0 Å². The lowest BCUT2D eigenvalue weighted by Gasteiger charge is -2.08. The molecule has 0 bridgehead atoms. The van der Waals surface area contributed by atoms with Gasteiger partial charge >= 0.3 is 11.9 Å². The number of hydrogen-bond donors (Lipinski definition) is 2. The van der Waals surface area contributed by atoms with Gasteiger partial charge in [-0.15, -0.1) is 0 Å². The SMILES string of the molecule is CCCCCCCCc1ccc(Oc2ccc(CCCCCCCC)cc2)cc1.CCCCCCCCc1ccc(Oc2ccc(CCCCCCCC)cc2)cc1.O=C(O)c1ccccc1C(=O)O. The van der Waals surface area contributed by atoms with Gasteiger partial charge < -0.3 is 19.7 Å². The third kappa shape index (κ3) is 27.1. The van der Waals surface area contributed by atoms with Gasteiger partial charge in [-0.1, -0.05) is 217 Å². The van der Waals surface area contributed by atoms with Crippen molar-refractivity contribution in [3.8, 4) is 23.0 Å². The topological polar surface area (TPSA) is 93.1 Å². The number of carboxylic acids is 2. The van der Waals surface area contributed by atoms with Gasteiger partial charge in [0.15, 0.2) is 0 Å². The summed E-state index contributed by atoms with van der Waals surface area (Å²) in [6, 6.07) is 40.1. The van der Waals surface area contributed by atoms with Crippen LogP contribution in [0.3, 0.4) is 0 Å². The summed E-state index contributed by atoms with van der Waals surface area (Å²) in [6.07, 6.45) is 37.2. The van der Waals surface area contributed by atoms with Crippen LogP contribution in [0.1, 0.15) is 225 Å². The summed E-state index contributed by atoms with van der Waals surface area (Å²) in [5.74, 6) is 1.27. The van der Waals surface area contributed by atoms with E-state index < -0.39 is 11.9 Å². The molecular formula is C64H90O6. The van der Waals surface area contributed by atoms with Crippen LogP contribution in [0.15, 0.2) is 121 Å². The van der Waals surface area contributed by atoms with Gasteiger partial charge in [0, 0.05) is 0 Å². The molecule has 0 unspecified atom stereocenters. The Balaban J connectivity index is 0.000000301. The molecule has 5 aromatic rings. The first kappa shape index (κ1) is 59.0. The predicted octanol–water partition coefficient (Wildman–Crippen LogP) is 19.7. The zero-order chi connectivity index (χ0) is 50.3. The third-order valence-corrected chi connectivity index (χ3v) is 12.8. The van der Waals surface area contributed by atoms with E-state index in [2.05, 4.69) is 125 Å². The van der Waals surface area contributed by atoms with E-state index in [0.29, 0.717) is 0 Å². The van der Waals surface area contributed by atoms with Crippen molar-refractivity contribution in [3.05, 3.63) is 155 Å². The summed E-state index contributed by atoms with van der Waals surface area (Å²) in [5.41, 5.74) is 5.29. The maximum atomic E-state index is 10.5. The third-order valence-electron chi connectivity index (χ3n) is 12.8. The van der Waals surface area contributed by atoms with Crippen LogP contribution >= 0.6 is 0 Å². The Morgan fingerprint density at radius 1 is 0.300 bits per heavy atom. The Kier molecular flexibility index (Phi) is 32.3. The summed E-state index contributed by atoms with van der Waals surface area (Å²) >= 11 is 0. The van der Waals surface area contributed by atoms with Crippen LogP contribution in [-0.2, 0) is 25.7 Å². The Bertz CT molecular complexity index is 1790. The molecule has 0 amide bonds. The van der Waals surface area contributed by atoms with Crippen molar-refractivity contribution in [1.29, 1.82) is 0 Å². The minimum absolute atomic E-state index is 0.190. The highest BCUT2D eigenvalue weighted by Crippen LogP contribution is 2.25. The largest absolute Gasteiger partial charge is 0.478 e. The normalized spacial score (nSPS) is 10.7. The van der Waals surface area contributed by atoms with Crippen molar-refractivity contribution in [2.45, 2.75) is 207 Å². The van der Waals surface area contributed by atoms with Crippen molar-refractivity contribution in [2.75, 3.05) is 0 Å². The maximum Gasteiger partial charge on any atom is 0.336 e. The lowest BCUT2D eigenvalue weighted by Crippen LogP contribution is -2.06. The Morgan fingerprint density at radius 2 is 0.500 bits per heavy atom. The molecule has 6 heteroatoms. The van der Waals surface area contributed by atoms with Gasteiger partial charge in [-0.3, -0.25) is 0 Å². The lowest BCUT2D eigenvalue weighted by molar-refractivity contribution is 0.0651. The Labute approximate surface area is 424 Å². The number of carboxylic acid groups (broad SMARTS) is 2. The molecule has 382 valence electrons. The van der Waals surface area contributed by atoms with Crippen LogP contribution in [0.25, 0.3) is 0 Å². The minimum Gasteiger partial charge on any atom is -0.478 e. The molecule has 0 fully saturated rings. The summed E-state index contributed by atoms with van der Waals surface area (Å²) < 4.78 is 12.1. The number of rotatable bonds is 34. The molecule has 0 aliphatic rings. The molecule has 5 rings (SSSR count). The lowest BCUT2D eigenvalue weighted by atomic mass is 10.0. The number of benzene rings is 5. The molecule has 0 atom stereocenters. The first-order chi connectivity index (χ1) is 34.3. The smallest absolute Gasteiger partial charge is 0.336 e. The van der Waals surface area contributed by atoms with Gasteiger partial charge in [0.05, 0.1) is 11.1 Å². The minimum atomic E-state index is -1.23. The molecule has 70 heavy (non-hydrogen) atoms. The van der Waals surface area contributed by atoms with E-state index in [4.69, 9.17) is 19.7 Å². The van der Waals surface area contributed by atoms with Gasteiger partial charge in [0.1, 0.15) is 23.0 Å². The molecule has 6 nitrogen and oxygen atoms in total. The number of ether oxygens (including phenoxy) is 2. The monoisotopic (exact) mass is 955 g/mol. The zero-order valence-electron chi connectivity index (χ0n) is 43.9. The van der Waals surface area contributed by atoms with Gasteiger partial charge in [-0.2, -0.15) is 0 Å². The van der Waals surface area contributed by atoms with Gasteiger partial charge in [-0.25, -0.2) is 9.59 Å². The molecule has 0 saturated heterocycles. The van der Waals surface area contributed by atoms with E-state index >= 15 is 0 Å². The number of unbranched alkanes of at least 4 members (excludes halogenated alkanes) is 20. The average Bonchev–Trinajstić information content (AvgIpc) is 3.38. The summed E-state index contributed by atoms with van der Waals surface area (Å²) in [5, 5.41) is 17.1. The van der Waals surface area contributed by atoms with Crippen molar-refractivity contribution in [3.63, 3.8) is 0 Å². The molecule has 0 aliphatic carbocycles. The number of aryl methyl sites for hydroxylation is 4. The molecule has 0 aliphatic heterocycles. The van der Waals surface area contributed by atoms with E-state index in [1.807, 2.05) is 0 Å². The first-order valence-electron chi connectivity index (χ1n) is 27.5. The van der Waals surface area contributed by atoms with Crippen LogP contribution in [0.2, 0.25) is 0 Å². The molecule has 0 heterocycles. The highest BCUT2D eigenvalue weighted by atomic mass is 16.5. The summed E-state index contributed by atoms with van der Waals surface area (Å²) in [6.45, 7) is 9.09. The number of carbonyl (C=O) groups is 2. The molecule has 0 aromatic heterocycles. The van der Waals surface area contributed by atoms with Crippen molar-refractivity contribution in [2.24, 2.45) is 0 Å². The second-order valence-electron chi connectivity index (χ2n) is 19.0. The average molecular weight is 955 g/mol. The van der Waals surface area contributed by atoms with E-state index in [1.54, 1.807) is 0 Å². The quantitative estimate of drug-likeness (QED) is 0.0399. The predicted molar refractivity (Wildman–Crippen MR) is 295 cm³/mol. The van der Waals surface area contributed by atoms with E-state index in [9.17, 15) is 9.59 Å². The highest BCUT2D eigenvalue weighted by Gasteiger charge is 2.13. The van der Waals surface area contributed by atoms with Crippen LogP contribution in [0.5, 0.6) is 23.0 Å². The van der Waals surface area contributed by atoms with Crippen molar-refractivity contribution in [1.82, 2.24) is 0 Å². The number of hydrogen-bond acceptors (Lipinski definition) is 4. The molecule has 2 N–H and O–H groups in total. The molecular weight excluding hydrogens is 865 g/mol. The van der Waals surface area contributed by atoms with Gasteiger partial charge in [-0.05, 0) is 134 Å². The van der Waals surface area contributed by atoms with E-state index in [-0.39, 0.29) is 11.1 Å². The Hall–Kier alpha value is -5.36. The summed E-state index contributed by atoms with van der Waals surface area (Å²) in [7, 11) is 0. The van der Waals surface area contributed by atoms with Crippen LogP contribution < -0.4 is 9.47 Å². The highest BCUT2D eigenvalue weighted by molar-refractivity contribution is 6.01. The number of aromatic carboxylic acids is 2. The second-order valence-corrected chi connectivity index (χ2v) is 19.0.